The number of hydrogen-bond donors (Lipinski definition) is 1. The lowest BCUT2D eigenvalue weighted by Gasteiger charge is -2.23. The van der Waals surface area contributed by atoms with Gasteiger partial charge in [0, 0.05) is 26.7 Å². The highest BCUT2D eigenvalue weighted by atomic mass is 16.5. The van der Waals surface area contributed by atoms with Gasteiger partial charge < -0.3 is 14.8 Å². The van der Waals surface area contributed by atoms with Crippen LogP contribution in [0.25, 0.3) is 0 Å². The Bertz CT molecular complexity index is 277. The lowest BCUT2D eigenvalue weighted by atomic mass is 10.2. The van der Waals surface area contributed by atoms with E-state index in [-0.39, 0.29) is 24.5 Å². The minimum atomic E-state index is -0.260. The molecule has 1 unspecified atom stereocenters. The van der Waals surface area contributed by atoms with Crippen molar-refractivity contribution in [2.75, 3.05) is 40.4 Å². The van der Waals surface area contributed by atoms with Gasteiger partial charge in [0.2, 0.25) is 5.91 Å². The van der Waals surface area contributed by atoms with Crippen molar-refractivity contribution in [3.8, 4) is 0 Å². The second-order valence-electron chi connectivity index (χ2n) is 4.37. The molecule has 104 valence electrons. The molecule has 1 atom stereocenters. The average Bonchev–Trinajstić information content (AvgIpc) is 2.88. The molecule has 0 aliphatic carbocycles. The maximum Gasteiger partial charge on any atom is 0.306 e. The standard InChI is InChI=1S/C12H22N2O4/c1-13-11(15)9-14(6-5-12(16)17-2)8-10-4-3-7-18-10/h10H,3-9H2,1-2H3,(H,13,15). The van der Waals surface area contributed by atoms with E-state index >= 15 is 0 Å². The Labute approximate surface area is 108 Å². The second kappa shape index (κ2) is 8.05. The van der Waals surface area contributed by atoms with E-state index in [1.165, 1.54) is 7.11 Å². The number of nitrogens with one attached hydrogen (secondary N) is 1. The van der Waals surface area contributed by atoms with Gasteiger partial charge in [-0.1, -0.05) is 0 Å². The van der Waals surface area contributed by atoms with E-state index in [4.69, 9.17) is 4.74 Å². The molecule has 0 aromatic carbocycles. The van der Waals surface area contributed by atoms with Crippen molar-refractivity contribution >= 4 is 11.9 Å². The van der Waals surface area contributed by atoms with Crippen molar-refractivity contribution in [3.05, 3.63) is 0 Å². The molecule has 0 aromatic heterocycles. The zero-order valence-electron chi connectivity index (χ0n) is 11.1. The number of nitrogens with zero attached hydrogens (tertiary/aromatic N) is 1. The first-order valence-corrected chi connectivity index (χ1v) is 6.27. The topological polar surface area (TPSA) is 67.9 Å². The van der Waals surface area contributed by atoms with Crippen LogP contribution >= 0.6 is 0 Å². The monoisotopic (exact) mass is 258 g/mol. The summed E-state index contributed by atoms with van der Waals surface area (Å²) in [5.41, 5.74) is 0. The van der Waals surface area contributed by atoms with Crippen LogP contribution in [-0.2, 0) is 19.1 Å². The molecule has 1 N–H and O–H groups in total. The highest BCUT2D eigenvalue weighted by Crippen LogP contribution is 2.13. The molecule has 1 aliphatic heterocycles. The number of methoxy groups -OCH3 is 1. The Balaban J connectivity index is 2.39. The fraction of sp³-hybridized carbons (Fsp3) is 0.833. The van der Waals surface area contributed by atoms with Crippen molar-refractivity contribution in [2.24, 2.45) is 0 Å². The van der Waals surface area contributed by atoms with Crippen LogP contribution in [-0.4, -0.2) is 63.3 Å². The first-order chi connectivity index (χ1) is 8.65. The number of carbonyl (C=O) groups is 2. The fourth-order valence-corrected chi connectivity index (χ4v) is 1.94. The molecular formula is C12H22N2O4. The van der Waals surface area contributed by atoms with Crippen LogP contribution in [0, 0.1) is 0 Å². The first kappa shape index (κ1) is 14.9. The normalized spacial score (nSPS) is 18.9. The van der Waals surface area contributed by atoms with Gasteiger partial charge >= 0.3 is 5.97 Å². The summed E-state index contributed by atoms with van der Waals surface area (Å²) in [6, 6.07) is 0. The van der Waals surface area contributed by atoms with Crippen molar-refractivity contribution < 1.29 is 19.1 Å². The molecule has 0 radical (unpaired) electrons. The third kappa shape index (κ3) is 5.46. The van der Waals surface area contributed by atoms with Gasteiger partial charge in [0.15, 0.2) is 0 Å². The third-order valence-electron chi connectivity index (χ3n) is 2.99. The summed E-state index contributed by atoms with van der Waals surface area (Å²) in [6.45, 7) is 2.27. The quantitative estimate of drug-likeness (QED) is 0.639. The molecule has 0 bridgehead atoms. The minimum Gasteiger partial charge on any atom is -0.469 e. The Kier molecular flexibility index (Phi) is 6.67. The fourth-order valence-electron chi connectivity index (χ4n) is 1.94. The van der Waals surface area contributed by atoms with Gasteiger partial charge in [0.05, 0.1) is 26.2 Å². The summed E-state index contributed by atoms with van der Waals surface area (Å²) in [5.74, 6) is -0.317. The van der Waals surface area contributed by atoms with E-state index in [0.29, 0.717) is 19.5 Å². The Hall–Kier alpha value is -1.14. The molecule has 6 nitrogen and oxygen atoms in total. The number of ether oxygens (including phenoxy) is 2. The first-order valence-electron chi connectivity index (χ1n) is 6.27. The van der Waals surface area contributed by atoms with E-state index in [0.717, 1.165) is 19.4 Å². The van der Waals surface area contributed by atoms with Crippen LogP contribution in [0.2, 0.25) is 0 Å². The maximum atomic E-state index is 11.4. The molecule has 1 heterocycles. The smallest absolute Gasteiger partial charge is 0.306 e. The van der Waals surface area contributed by atoms with Crippen molar-refractivity contribution in [2.45, 2.75) is 25.4 Å². The minimum absolute atomic E-state index is 0.0575. The molecule has 0 aromatic rings. The lowest BCUT2D eigenvalue weighted by Crippen LogP contribution is -2.40. The number of esters is 1. The summed E-state index contributed by atoms with van der Waals surface area (Å²) in [7, 11) is 2.97. The molecule has 1 fully saturated rings. The number of amides is 1. The van der Waals surface area contributed by atoms with Crippen molar-refractivity contribution in [1.29, 1.82) is 0 Å². The van der Waals surface area contributed by atoms with Crippen molar-refractivity contribution in [3.63, 3.8) is 0 Å². The Morgan fingerprint density at radius 3 is 2.83 bits per heavy atom. The molecule has 18 heavy (non-hydrogen) atoms. The van der Waals surface area contributed by atoms with E-state index in [2.05, 4.69) is 10.1 Å². The van der Waals surface area contributed by atoms with Gasteiger partial charge in [-0.05, 0) is 12.8 Å². The van der Waals surface area contributed by atoms with Crippen LogP contribution in [0.4, 0.5) is 0 Å². The van der Waals surface area contributed by atoms with E-state index in [1.54, 1.807) is 7.05 Å². The average molecular weight is 258 g/mol. The summed E-state index contributed by atoms with van der Waals surface area (Å²) >= 11 is 0. The van der Waals surface area contributed by atoms with Gasteiger partial charge in [-0.3, -0.25) is 14.5 Å². The molecule has 0 saturated carbocycles. The predicted octanol–water partition coefficient (Wildman–Crippen LogP) is -0.223. The lowest BCUT2D eigenvalue weighted by molar-refractivity contribution is -0.141. The van der Waals surface area contributed by atoms with E-state index in [9.17, 15) is 9.59 Å². The molecule has 0 spiro atoms. The molecule has 1 aliphatic rings. The Morgan fingerprint density at radius 1 is 1.50 bits per heavy atom. The highest BCUT2D eigenvalue weighted by Gasteiger charge is 2.21. The van der Waals surface area contributed by atoms with Gasteiger partial charge in [0.25, 0.3) is 0 Å². The Morgan fingerprint density at radius 2 is 2.28 bits per heavy atom. The maximum absolute atomic E-state index is 11.4. The van der Waals surface area contributed by atoms with Gasteiger partial charge in [0.1, 0.15) is 0 Å². The molecule has 6 heteroatoms. The van der Waals surface area contributed by atoms with Crippen LogP contribution in [0.5, 0.6) is 0 Å². The summed E-state index contributed by atoms with van der Waals surface area (Å²) < 4.78 is 10.1. The summed E-state index contributed by atoms with van der Waals surface area (Å²) in [5, 5.41) is 2.58. The zero-order valence-corrected chi connectivity index (χ0v) is 11.1. The second-order valence-corrected chi connectivity index (χ2v) is 4.37. The van der Waals surface area contributed by atoms with Crippen LogP contribution in [0.1, 0.15) is 19.3 Å². The largest absolute Gasteiger partial charge is 0.469 e. The van der Waals surface area contributed by atoms with Gasteiger partial charge in [-0.25, -0.2) is 0 Å². The molecule has 1 amide bonds. The number of likely N-dealkylation sites (N-methyl/N-ethyl adjacent to an activating group) is 1. The van der Waals surface area contributed by atoms with Crippen LogP contribution < -0.4 is 5.32 Å². The SMILES string of the molecule is CNC(=O)CN(CCC(=O)OC)CC1CCCO1. The predicted molar refractivity (Wildman–Crippen MR) is 66.1 cm³/mol. The van der Waals surface area contributed by atoms with Crippen LogP contribution in [0.3, 0.4) is 0 Å². The summed E-state index contributed by atoms with van der Waals surface area (Å²) in [6.07, 6.45) is 2.55. The number of rotatable bonds is 7. The highest BCUT2D eigenvalue weighted by molar-refractivity contribution is 5.77. The summed E-state index contributed by atoms with van der Waals surface area (Å²) in [4.78, 5) is 24.5. The van der Waals surface area contributed by atoms with Gasteiger partial charge in [-0.2, -0.15) is 0 Å². The zero-order chi connectivity index (χ0) is 13.4. The molecule has 1 saturated heterocycles. The molecular weight excluding hydrogens is 236 g/mol. The van der Waals surface area contributed by atoms with E-state index in [1.807, 2.05) is 4.90 Å². The molecule has 1 rings (SSSR count). The van der Waals surface area contributed by atoms with E-state index < -0.39 is 0 Å². The van der Waals surface area contributed by atoms with Gasteiger partial charge in [-0.15, -0.1) is 0 Å². The number of hydrogen-bond acceptors (Lipinski definition) is 5. The van der Waals surface area contributed by atoms with Crippen molar-refractivity contribution in [1.82, 2.24) is 10.2 Å². The van der Waals surface area contributed by atoms with Crippen LogP contribution in [0.15, 0.2) is 0 Å². The number of carbonyl (C=O) groups excluding carboxylic acids is 2. The third-order valence-corrected chi connectivity index (χ3v) is 2.99.